The summed E-state index contributed by atoms with van der Waals surface area (Å²) in [5.74, 6) is 0. The minimum absolute atomic E-state index is 0.107. The second-order valence-electron chi connectivity index (χ2n) is 6.10. The van der Waals surface area contributed by atoms with Gasteiger partial charge < -0.3 is 9.64 Å². The number of halogens is 1. The van der Waals surface area contributed by atoms with Gasteiger partial charge in [0, 0.05) is 11.6 Å². The van der Waals surface area contributed by atoms with Gasteiger partial charge in [0.05, 0.1) is 6.10 Å². The Labute approximate surface area is 138 Å². The van der Waals surface area contributed by atoms with Crippen molar-refractivity contribution in [2.75, 3.05) is 20.6 Å². The van der Waals surface area contributed by atoms with Crippen LogP contribution in [0.15, 0.2) is 54.6 Å². The molecule has 0 aliphatic heterocycles. The van der Waals surface area contributed by atoms with Gasteiger partial charge in [-0.1, -0.05) is 54.1 Å². The van der Waals surface area contributed by atoms with Crippen LogP contribution < -0.4 is 0 Å². The molecule has 2 aromatic rings. The van der Waals surface area contributed by atoms with Gasteiger partial charge in [0.2, 0.25) is 0 Å². The molecule has 0 fully saturated rings. The van der Waals surface area contributed by atoms with E-state index in [9.17, 15) is 0 Å². The summed E-state index contributed by atoms with van der Waals surface area (Å²) in [6.07, 6.45) is 0.107. The molecule has 0 unspecified atom stereocenters. The van der Waals surface area contributed by atoms with Gasteiger partial charge in [-0.2, -0.15) is 0 Å². The Balaban J connectivity index is 2.38. The Morgan fingerprint density at radius 3 is 2.09 bits per heavy atom. The van der Waals surface area contributed by atoms with Crippen molar-refractivity contribution in [1.29, 1.82) is 0 Å². The summed E-state index contributed by atoms with van der Waals surface area (Å²) in [7, 11) is 4.12. The van der Waals surface area contributed by atoms with Crippen molar-refractivity contribution < 1.29 is 4.74 Å². The second kappa shape index (κ2) is 7.28. The van der Waals surface area contributed by atoms with Gasteiger partial charge in [-0.3, -0.25) is 0 Å². The molecule has 0 heterocycles. The van der Waals surface area contributed by atoms with Crippen LogP contribution in [0.4, 0.5) is 0 Å². The molecular formula is C19H24ClNO. The first-order chi connectivity index (χ1) is 10.4. The lowest BCUT2D eigenvalue weighted by atomic mass is 9.87. The van der Waals surface area contributed by atoms with Crippen molar-refractivity contribution >= 4 is 11.6 Å². The fraction of sp³-hybridized carbons (Fsp3) is 0.368. The molecular weight excluding hydrogens is 294 g/mol. The average Bonchev–Trinajstić information content (AvgIpc) is 2.47. The highest BCUT2D eigenvalue weighted by Crippen LogP contribution is 2.35. The van der Waals surface area contributed by atoms with Crippen LogP contribution in [-0.2, 0) is 10.3 Å². The summed E-state index contributed by atoms with van der Waals surface area (Å²) in [5, 5.41) is 0.737. The minimum Gasteiger partial charge on any atom is -0.362 e. The van der Waals surface area contributed by atoms with E-state index >= 15 is 0 Å². The molecule has 118 valence electrons. The topological polar surface area (TPSA) is 12.5 Å². The Morgan fingerprint density at radius 2 is 1.55 bits per heavy atom. The van der Waals surface area contributed by atoms with E-state index in [1.165, 1.54) is 0 Å². The quantitative estimate of drug-likeness (QED) is 0.773. The van der Waals surface area contributed by atoms with Crippen molar-refractivity contribution in [3.63, 3.8) is 0 Å². The molecule has 2 atom stereocenters. The molecule has 3 heteroatoms. The SMILES string of the molecule is C[C@H](CN(C)C)O[C@@](C)(c1ccccc1)c1ccc(Cl)cc1. The highest BCUT2D eigenvalue weighted by molar-refractivity contribution is 6.30. The van der Waals surface area contributed by atoms with E-state index in [-0.39, 0.29) is 6.10 Å². The highest BCUT2D eigenvalue weighted by atomic mass is 35.5. The molecule has 22 heavy (non-hydrogen) atoms. The molecule has 0 saturated heterocycles. The molecule has 2 aromatic carbocycles. The van der Waals surface area contributed by atoms with Gasteiger partial charge in [-0.15, -0.1) is 0 Å². The third-order valence-electron chi connectivity index (χ3n) is 3.78. The lowest BCUT2D eigenvalue weighted by molar-refractivity contribution is -0.0607. The molecule has 0 amide bonds. The third kappa shape index (κ3) is 4.10. The van der Waals surface area contributed by atoms with Crippen LogP contribution in [0.2, 0.25) is 5.02 Å². The summed E-state index contributed by atoms with van der Waals surface area (Å²) >= 11 is 6.03. The van der Waals surface area contributed by atoms with Crippen molar-refractivity contribution in [2.24, 2.45) is 0 Å². The molecule has 0 aliphatic rings. The number of hydrogen-bond acceptors (Lipinski definition) is 2. The maximum Gasteiger partial charge on any atom is 0.116 e. The number of hydrogen-bond donors (Lipinski definition) is 0. The normalized spacial score (nSPS) is 15.5. The summed E-state index contributed by atoms with van der Waals surface area (Å²) < 4.78 is 6.48. The first kappa shape index (κ1) is 17.0. The van der Waals surface area contributed by atoms with Crippen LogP contribution in [0.25, 0.3) is 0 Å². The zero-order valence-electron chi connectivity index (χ0n) is 13.7. The monoisotopic (exact) mass is 317 g/mol. The number of benzene rings is 2. The van der Waals surface area contributed by atoms with Crippen LogP contribution in [0.1, 0.15) is 25.0 Å². The van der Waals surface area contributed by atoms with E-state index in [4.69, 9.17) is 16.3 Å². The summed E-state index contributed by atoms with van der Waals surface area (Å²) in [6.45, 7) is 5.10. The highest BCUT2D eigenvalue weighted by Gasteiger charge is 2.31. The predicted molar refractivity (Wildman–Crippen MR) is 93.4 cm³/mol. The van der Waals surface area contributed by atoms with Crippen LogP contribution >= 0.6 is 11.6 Å². The molecule has 0 aliphatic carbocycles. The number of nitrogens with zero attached hydrogens (tertiary/aromatic N) is 1. The van der Waals surface area contributed by atoms with Gasteiger partial charge in [-0.25, -0.2) is 0 Å². The van der Waals surface area contributed by atoms with E-state index in [2.05, 4.69) is 45.0 Å². The smallest absolute Gasteiger partial charge is 0.116 e. The summed E-state index contributed by atoms with van der Waals surface area (Å²) in [4.78, 5) is 2.14. The standard InChI is InChI=1S/C19H24ClNO/c1-15(14-21(3)4)22-19(2,16-8-6-5-7-9-16)17-10-12-18(20)13-11-17/h5-13,15H,14H2,1-4H3/t15-,19+/m1/s1. The molecule has 0 saturated carbocycles. The Morgan fingerprint density at radius 1 is 1.00 bits per heavy atom. The van der Waals surface area contributed by atoms with Crippen LogP contribution in [0.5, 0.6) is 0 Å². The molecule has 0 bridgehead atoms. The first-order valence-corrected chi connectivity index (χ1v) is 7.94. The maximum atomic E-state index is 6.48. The first-order valence-electron chi connectivity index (χ1n) is 7.56. The van der Waals surface area contributed by atoms with Crippen LogP contribution in [0.3, 0.4) is 0 Å². The van der Waals surface area contributed by atoms with Gasteiger partial charge in [-0.05, 0) is 51.2 Å². The zero-order chi connectivity index (χ0) is 16.2. The lowest BCUT2D eigenvalue weighted by Gasteiger charge is -2.35. The van der Waals surface area contributed by atoms with Crippen molar-refractivity contribution in [3.05, 3.63) is 70.7 Å². The predicted octanol–water partition coefficient (Wildman–Crippen LogP) is 4.57. The summed E-state index contributed by atoms with van der Waals surface area (Å²) in [5.41, 5.74) is 1.75. The fourth-order valence-electron chi connectivity index (χ4n) is 2.78. The van der Waals surface area contributed by atoms with Gasteiger partial charge in [0.1, 0.15) is 5.60 Å². The molecule has 0 radical (unpaired) electrons. The maximum absolute atomic E-state index is 6.48. The van der Waals surface area contributed by atoms with Crippen molar-refractivity contribution in [3.8, 4) is 0 Å². The number of ether oxygens (including phenoxy) is 1. The van der Waals surface area contributed by atoms with E-state index in [1.807, 2.05) is 42.5 Å². The Hall–Kier alpha value is -1.35. The van der Waals surface area contributed by atoms with Gasteiger partial charge >= 0.3 is 0 Å². The van der Waals surface area contributed by atoms with Crippen molar-refractivity contribution in [2.45, 2.75) is 25.6 Å². The zero-order valence-corrected chi connectivity index (χ0v) is 14.5. The van der Waals surface area contributed by atoms with Gasteiger partial charge in [0.15, 0.2) is 0 Å². The molecule has 2 nitrogen and oxygen atoms in total. The van der Waals surface area contributed by atoms with Crippen LogP contribution in [0, 0.1) is 0 Å². The fourth-order valence-corrected chi connectivity index (χ4v) is 2.91. The van der Waals surface area contributed by atoms with E-state index < -0.39 is 5.60 Å². The third-order valence-corrected chi connectivity index (χ3v) is 4.03. The number of rotatable bonds is 6. The van der Waals surface area contributed by atoms with Crippen molar-refractivity contribution in [1.82, 2.24) is 4.90 Å². The molecule has 0 aromatic heterocycles. The number of likely N-dealkylation sites (N-methyl/N-ethyl adjacent to an activating group) is 1. The Bertz CT molecular complexity index is 582. The minimum atomic E-state index is -0.499. The van der Waals surface area contributed by atoms with Gasteiger partial charge in [0.25, 0.3) is 0 Å². The van der Waals surface area contributed by atoms with Crippen LogP contribution in [-0.4, -0.2) is 31.6 Å². The molecule has 2 rings (SSSR count). The van der Waals surface area contributed by atoms with E-state index in [0.717, 1.165) is 22.7 Å². The van der Waals surface area contributed by atoms with E-state index in [1.54, 1.807) is 0 Å². The average molecular weight is 318 g/mol. The van der Waals surface area contributed by atoms with E-state index in [0.29, 0.717) is 0 Å². The largest absolute Gasteiger partial charge is 0.362 e. The molecule has 0 spiro atoms. The lowest BCUT2D eigenvalue weighted by Crippen LogP contribution is -2.36. The Kier molecular flexibility index (Phi) is 5.63. The summed E-state index contributed by atoms with van der Waals surface area (Å²) in [6, 6.07) is 18.2. The second-order valence-corrected chi connectivity index (χ2v) is 6.53. The molecule has 0 N–H and O–H groups in total.